The highest BCUT2D eigenvalue weighted by Gasteiger charge is 2.40. The van der Waals surface area contributed by atoms with Crippen molar-refractivity contribution in [2.24, 2.45) is 5.92 Å². The van der Waals surface area contributed by atoms with Gasteiger partial charge in [-0.2, -0.15) is 4.31 Å². The summed E-state index contributed by atoms with van der Waals surface area (Å²) in [6, 6.07) is 15.3. The molecule has 2 aromatic rings. The lowest BCUT2D eigenvalue weighted by molar-refractivity contribution is -0.175. The van der Waals surface area contributed by atoms with Crippen molar-refractivity contribution in [2.45, 2.75) is 12.8 Å². The van der Waals surface area contributed by atoms with E-state index in [1.54, 1.807) is 24.3 Å². The predicted molar refractivity (Wildman–Crippen MR) is 112 cm³/mol. The number of rotatable bonds is 5. The predicted octanol–water partition coefficient (Wildman–Crippen LogP) is 2.45. The standard InChI is InChI=1S/C22H20N2O6S/c25-20-18-8-4-5-9-19(18)21(26)24(20)30-22(27)17-10-13-23(14-11-17)31(28,29)15-12-16-6-2-1-3-7-16/h1-9,12,15,17H,10-11,13-14H2/b15-12+. The van der Waals surface area contributed by atoms with Crippen LogP contribution in [-0.2, 0) is 19.7 Å². The van der Waals surface area contributed by atoms with Crippen molar-refractivity contribution in [3.8, 4) is 0 Å². The van der Waals surface area contributed by atoms with E-state index in [0.29, 0.717) is 5.06 Å². The Hall–Kier alpha value is -3.30. The molecule has 4 rings (SSSR count). The van der Waals surface area contributed by atoms with Crippen LogP contribution in [-0.4, -0.2) is 48.7 Å². The van der Waals surface area contributed by atoms with Crippen LogP contribution < -0.4 is 0 Å². The molecule has 0 bridgehead atoms. The molecule has 0 unspecified atom stereocenters. The maximum atomic E-state index is 12.6. The Morgan fingerprint density at radius 3 is 2.03 bits per heavy atom. The van der Waals surface area contributed by atoms with Crippen molar-refractivity contribution in [1.29, 1.82) is 0 Å². The molecular weight excluding hydrogens is 420 g/mol. The summed E-state index contributed by atoms with van der Waals surface area (Å²) in [4.78, 5) is 42.3. The third-order valence-electron chi connectivity index (χ3n) is 5.32. The number of sulfonamides is 1. The van der Waals surface area contributed by atoms with Gasteiger partial charge in [0.25, 0.3) is 11.8 Å². The van der Waals surface area contributed by atoms with Gasteiger partial charge in [-0.05, 0) is 36.6 Å². The van der Waals surface area contributed by atoms with Gasteiger partial charge in [-0.3, -0.25) is 9.59 Å². The maximum absolute atomic E-state index is 12.6. The average molecular weight is 440 g/mol. The molecule has 8 nitrogen and oxygen atoms in total. The summed E-state index contributed by atoms with van der Waals surface area (Å²) in [5.74, 6) is -2.68. The topological polar surface area (TPSA) is 101 Å². The zero-order valence-corrected chi connectivity index (χ0v) is 17.3. The first kappa shape index (κ1) is 21.0. The van der Waals surface area contributed by atoms with Crippen LogP contribution in [0.25, 0.3) is 6.08 Å². The van der Waals surface area contributed by atoms with E-state index in [1.165, 1.54) is 22.5 Å². The molecule has 160 valence electrons. The fraction of sp³-hybridized carbons (Fsp3) is 0.227. The second-order valence-electron chi connectivity index (χ2n) is 7.29. The molecule has 2 aromatic carbocycles. The first-order valence-electron chi connectivity index (χ1n) is 9.80. The summed E-state index contributed by atoms with van der Waals surface area (Å²) < 4.78 is 26.4. The molecule has 0 N–H and O–H groups in total. The van der Waals surface area contributed by atoms with E-state index in [-0.39, 0.29) is 37.1 Å². The van der Waals surface area contributed by atoms with Crippen LogP contribution in [0.2, 0.25) is 0 Å². The minimum atomic E-state index is -3.62. The Morgan fingerprint density at radius 1 is 0.903 bits per heavy atom. The van der Waals surface area contributed by atoms with Crippen LogP contribution in [0.3, 0.4) is 0 Å². The number of fused-ring (bicyclic) bond motifs is 1. The number of hydroxylamine groups is 2. The molecule has 31 heavy (non-hydrogen) atoms. The van der Waals surface area contributed by atoms with Crippen molar-refractivity contribution >= 4 is 33.9 Å². The first-order valence-corrected chi connectivity index (χ1v) is 11.3. The van der Waals surface area contributed by atoms with Crippen LogP contribution in [0.15, 0.2) is 60.0 Å². The molecule has 0 aromatic heterocycles. The summed E-state index contributed by atoms with van der Waals surface area (Å²) in [6.45, 7) is 0.284. The largest absolute Gasteiger partial charge is 0.336 e. The smallest absolute Gasteiger partial charge is 0.329 e. The molecule has 0 radical (unpaired) electrons. The molecule has 1 fully saturated rings. The van der Waals surface area contributed by atoms with Crippen LogP contribution in [0.4, 0.5) is 0 Å². The number of hydrogen-bond acceptors (Lipinski definition) is 6. The molecule has 2 aliphatic heterocycles. The Bertz CT molecular complexity index is 1120. The number of nitrogens with zero attached hydrogens (tertiary/aromatic N) is 2. The van der Waals surface area contributed by atoms with Crippen LogP contribution in [0.5, 0.6) is 0 Å². The number of imide groups is 1. The second-order valence-corrected chi connectivity index (χ2v) is 9.11. The molecule has 0 saturated carbocycles. The molecule has 0 atom stereocenters. The number of carbonyl (C=O) groups excluding carboxylic acids is 3. The van der Waals surface area contributed by atoms with E-state index in [9.17, 15) is 22.8 Å². The summed E-state index contributed by atoms with van der Waals surface area (Å²) >= 11 is 0. The van der Waals surface area contributed by atoms with Gasteiger partial charge in [0.2, 0.25) is 10.0 Å². The van der Waals surface area contributed by atoms with Gasteiger partial charge in [0.05, 0.1) is 17.0 Å². The van der Waals surface area contributed by atoms with Gasteiger partial charge in [-0.1, -0.05) is 47.5 Å². The molecule has 2 aliphatic rings. The highest BCUT2D eigenvalue weighted by atomic mass is 32.2. The molecule has 2 amide bonds. The quantitative estimate of drug-likeness (QED) is 0.662. The summed E-state index contributed by atoms with van der Waals surface area (Å²) in [5, 5.41) is 1.64. The van der Waals surface area contributed by atoms with Gasteiger partial charge in [0.15, 0.2) is 0 Å². The van der Waals surface area contributed by atoms with Crippen molar-refractivity contribution in [3.63, 3.8) is 0 Å². The molecule has 9 heteroatoms. The van der Waals surface area contributed by atoms with Crippen molar-refractivity contribution < 1.29 is 27.6 Å². The lowest BCUT2D eigenvalue weighted by atomic mass is 9.99. The zero-order valence-electron chi connectivity index (χ0n) is 16.5. The van der Waals surface area contributed by atoms with Gasteiger partial charge in [-0.25, -0.2) is 13.2 Å². The number of piperidine rings is 1. The fourth-order valence-corrected chi connectivity index (χ4v) is 4.80. The first-order chi connectivity index (χ1) is 14.9. The highest BCUT2D eigenvalue weighted by molar-refractivity contribution is 7.92. The number of amides is 2. The van der Waals surface area contributed by atoms with Crippen molar-refractivity contribution in [1.82, 2.24) is 9.37 Å². The SMILES string of the molecule is O=C(ON1C(=O)c2ccccc2C1=O)C1CCN(S(=O)(=O)/C=C/c2ccccc2)CC1. The van der Waals surface area contributed by atoms with Crippen molar-refractivity contribution in [3.05, 3.63) is 76.7 Å². The van der Waals surface area contributed by atoms with E-state index in [2.05, 4.69) is 0 Å². The average Bonchev–Trinajstić information content (AvgIpc) is 3.03. The normalized spacial score (nSPS) is 17.9. The van der Waals surface area contributed by atoms with E-state index in [4.69, 9.17) is 4.84 Å². The van der Waals surface area contributed by atoms with Gasteiger partial charge in [-0.15, -0.1) is 0 Å². The lowest BCUT2D eigenvalue weighted by Gasteiger charge is -2.29. The minimum Gasteiger partial charge on any atom is -0.329 e. The molecule has 1 saturated heterocycles. The van der Waals surface area contributed by atoms with E-state index < -0.39 is 33.7 Å². The van der Waals surface area contributed by atoms with E-state index >= 15 is 0 Å². The van der Waals surface area contributed by atoms with Gasteiger partial charge < -0.3 is 4.84 Å². The van der Waals surface area contributed by atoms with Gasteiger partial charge in [0.1, 0.15) is 0 Å². The maximum Gasteiger partial charge on any atom is 0.336 e. The fourth-order valence-electron chi connectivity index (χ4n) is 3.58. The summed E-state index contributed by atoms with van der Waals surface area (Å²) in [7, 11) is -3.62. The Morgan fingerprint density at radius 2 is 1.45 bits per heavy atom. The molecule has 0 aliphatic carbocycles. The zero-order chi connectivity index (χ0) is 22.0. The number of benzene rings is 2. The lowest BCUT2D eigenvalue weighted by Crippen LogP contribution is -2.42. The van der Waals surface area contributed by atoms with Crippen LogP contribution >= 0.6 is 0 Å². The third kappa shape index (κ3) is 4.28. The van der Waals surface area contributed by atoms with Gasteiger partial charge >= 0.3 is 5.97 Å². The molecular formula is C22H20N2O6S. The van der Waals surface area contributed by atoms with Crippen molar-refractivity contribution in [2.75, 3.05) is 13.1 Å². The van der Waals surface area contributed by atoms with E-state index in [0.717, 1.165) is 11.0 Å². The molecule has 0 spiro atoms. The molecule has 2 heterocycles. The third-order valence-corrected chi connectivity index (χ3v) is 6.88. The monoisotopic (exact) mass is 440 g/mol. The number of hydrogen-bond donors (Lipinski definition) is 0. The Balaban J connectivity index is 1.35. The Kier molecular flexibility index (Phi) is 5.71. The summed E-state index contributed by atoms with van der Waals surface area (Å²) in [5.41, 5.74) is 1.14. The van der Waals surface area contributed by atoms with Crippen LogP contribution in [0, 0.1) is 5.92 Å². The van der Waals surface area contributed by atoms with Gasteiger partial charge in [0, 0.05) is 18.5 Å². The number of carbonyl (C=O) groups is 3. The Labute approximate surface area is 179 Å². The summed E-state index contributed by atoms with van der Waals surface area (Å²) in [6.07, 6.45) is 2.00. The van der Waals surface area contributed by atoms with E-state index in [1.807, 2.05) is 18.2 Å². The highest BCUT2D eigenvalue weighted by Crippen LogP contribution is 2.26. The van der Waals surface area contributed by atoms with Crippen LogP contribution in [0.1, 0.15) is 39.1 Å². The second kappa shape index (κ2) is 8.44. The minimum absolute atomic E-state index is 0.142.